The summed E-state index contributed by atoms with van der Waals surface area (Å²) in [6.45, 7) is 4.32. The third-order valence-electron chi connectivity index (χ3n) is 4.94. The molecule has 2 aromatic carbocycles. The van der Waals surface area contributed by atoms with E-state index in [0.717, 1.165) is 5.69 Å². The number of ether oxygens (including phenoxy) is 1. The van der Waals surface area contributed by atoms with E-state index in [0.29, 0.717) is 48.8 Å². The van der Waals surface area contributed by atoms with Crippen molar-refractivity contribution in [1.82, 2.24) is 0 Å². The van der Waals surface area contributed by atoms with Gasteiger partial charge in [-0.15, -0.1) is 0 Å². The highest BCUT2D eigenvalue weighted by molar-refractivity contribution is 6.32. The van der Waals surface area contributed by atoms with Crippen molar-refractivity contribution < 1.29 is 14.5 Å². The van der Waals surface area contributed by atoms with E-state index >= 15 is 0 Å². The van der Waals surface area contributed by atoms with E-state index in [4.69, 9.17) is 4.74 Å². The molecular weight excluding hydrogens is 372 g/mol. The molecule has 0 spiro atoms. The minimum Gasteiger partial charge on any atom is -0.378 e. The van der Waals surface area contributed by atoms with E-state index in [2.05, 4.69) is 10.0 Å². The van der Waals surface area contributed by atoms with Gasteiger partial charge in [0.05, 0.1) is 35.1 Å². The van der Waals surface area contributed by atoms with Gasteiger partial charge in [-0.2, -0.15) is 10.1 Å². The van der Waals surface area contributed by atoms with Crippen LogP contribution in [-0.4, -0.2) is 42.8 Å². The smallest absolute Gasteiger partial charge is 0.280 e. The molecular formula is C21H20N4O4. The van der Waals surface area contributed by atoms with Crippen molar-refractivity contribution in [1.29, 1.82) is 0 Å². The molecule has 2 heterocycles. The lowest BCUT2D eigenvalue weighted by atomic mass is 10.0. The molecule has 148 valence electrons. The molecule has 8 heteroatoms. The second kappa shape index (κ2) is 7.84. The molecule has 0 saturated carbocycles. The van der Waals surface area contributed by atoms with Gasteiger partial charge >= 0.3 is 0 Å². The highest BCUT2D eigenvalue weighted by Crippen LogP contribution is 2.31. The highest BCUT2D eigenvalue weighted by Gasteiger charge is 2.29. The molecule has 0 atom stereocenters. The minimum absolute atomic E-state index is 0.0196. The summed E-state index contributed by atoms with van der Waals surface area (Å²) < 4.78 is 5.41. The normalized spacial score (nSPS) is 18.3. The molecule has 2 aliphatic heterocycles. The minimum atomic E-state index is -0.432. The molecule has 1 fully saturated rings. The molecule has 0 aromatic heterocycles. The van der Waals surface area contributed by atoms with Crippen LogP contribution in [0.25, 0.3) is 6.08 Å². The fourth-order valence-electron chi connectivity index (χ4n) is 3.45. The predicted molar refractivity (Wildman–Crippen MR) is 111 cm³/mol. The third kappa shape index (κ3) is 3.74. The fourth-order valence-corrected chi connectivity index (χ4v) is 3.45. The molecule has 29 heavy (non-hydrogen) atoms. The Labute approximate surface area is 167 Å². The Bertz CT molecular complexity index is 1010. The number of nitro groups is 1. The molecule has 0 unspecified atom stereocenters. The van der Waals surface area contributed by atoms with E-state index in [1.165, 1.54) is 17.1 Å². The molecule has 0 radical (unpaired) electrons. The number of morpholine rings is 1. The Morgan fingerprint density at radius 2 is 1.86 bits per heavy atom. The standard InChI is InChI=1S/C21H20N4O4/c1-15-19(21(26)24(22-15)17-5-3-2-4-6-17)14-16-13-18(25(27)28)7-8-20(16)23-9-11-29-12-10-23/h2-8,13-14H,9-12H2,1H3/b19-14-. The number of carbonyl (C=O) groups excluding carboxylic acids is 1. The van der Waals surface area contributed by atoms with Crippen LogP contribution in [0.2, 0.25) is 0 Å². The van der Waals surface area contributed by atoms with Gasteiger partial charge in [0, 0.05) is 36.5 Å². The number of hydrazone groups is 1. The van der Waals surface area contributed by atoms with Crippen LogP contribution in [0.4, 0.5) is 17.1 Å². The van der Waals surface area contributed by atoms with Crippen molar-refractivity contribution in [3.63, 3.8) is 0 Å². The number of anilines is 2. The van der Waals surface area contributed by atoms with Gasteiger partial charge < -0.3 is 9.64 Å². The lowest BCUT2D eigenvalue weighted by Crippen LogP contribution is -2.36. The SMILES string of the molecule is CC1=NN(c2ccccc2)C(=O)/C1=C\c1cc([N+](=O)[O-])ccc1N1CCOCC1. The Kier molecular flexibility index (Phi) is 5.09. The molecule has 0 N–H and O–H groups in total. The van der Waals surface area contributed by atoms with Crippen molar-refractivity contribution in [2.75, 3.05) is 36.2 Å². The molecule has 2 aliphatic rings. The first-order valence-corrected chi connectivity index (χ1v) is 9.32. The number of carbonyl (C=O) groups is 1. The summed E-state index contributed by atoms with van der Waals surface area (Å²) >= 11 is 0. The average molecular weight is 392 g/mol. The van der Waals surface area contributed by atoms with Crippen LogP contribution >= 0.6 is 0 Å². The number of amides is 1. The number of para-hydroxylation sites is 1. The monoisotopic (exact) mass is 392 g/mol. The van der Waals surface area contributed by atoms with Crippen LogP contribution in [0.15, 0.2) is 59.2 Å². The summed E-state index contributed by atoms with van der Waals surface area (Å²) in [5.41, 5.74) is 3.10. The van der Waals surface area contributed by atoms with Crippen molar-refractivity contribution in [2.45, 2.75) is 6.92 Å². The van der Waals surface area contributed by atoms with Gasteiger partial charge in [-0.25, -0.2) is 0 Å². The van der Waals surface area contributed by atoms with Crippen molar-refractivity contribution in [2.24, 2.45) is 5.10 Å². The van der Waals surface area contributed by atoms with Gasteiger partial charge in [0.2, 0.25) is 0 Å². The first-order valence-electron chi connectivity index (χ1n) is 9.32. The lowest BCUT2D eigenvalue weighted by Gasteiger charge is -2.30. The number of non-ortho nitro benzene ring substituents is 1. The first kappa shape index (κ1) is 18.8. The Morgan fingerprint density at radius 3 is 2.55 bits per heavy atom. The maximum Gasteiger partial charge on any atom is 0.280 e. The molecule has 1 saturated heterocycles. The van der Waals surface area contributed by atoms with Crippen LogP contribution in [0, 0.1) is 10.1 Å². The Balaban J connectivity index is 1.74. The van der Waals surface area contributed by atoms with Gasteiger partial charge in [0.1, 0.15) is 0 Å². The van der Waals surface area contributed by atoms with Gasteiger partial charge in [-0.1, -0.05) is 18.2 Å². The lowest BCUT2D eigenvalue weighted by molar-refractivity contribution is -0.384. The molecule has 2 aromatic rings. The number of rotatable bonds is 4. The van der Waals surface area contributed by atoms with Crippen molar-refractivity contribution in [3.05, 3.63) is 69.8 Å². The topological polar surface area (TPSA) is 88.3 Å². The van der Waals surface area contributed by atoms with Crippen LogP contribution in [-0.2, 0) is 9.53 Å². The number of benzene rings is 2. The Hall–Kier alpha value is -3.52. The summed E-state index contributed by atoms with van der Waals surface area (Å²) in [5.74, 6) is -0.256. The molecule has 0 bridgehead atoms. The van der Waals surface area contributed by atoms with Crippen molar-refractivity contribution >= 4 is 34.8 Å². The van der Waals surface area contributed by atoms with Crippen LogP contribution in [0.1, 0.15) is 12.5 Å². The fraction of sp³-hybridized carbons (Fsp3) is 0.238. The highest BCUT2D eigenvalue weighted by atomic mass is 16.6. The quantitative estimate of drug-likeness (QED) is 0.453. The van der Waals surface area contributed by atoms with Crippen molar-refractivity contribution in [3.8, 4) is 0 Å². The van der Waals surface area contributed by atoms with E-state index < -0.39 is 4.92 Å². The summed E-state index contributed by atoms with van der Waals surface area (Å²) in [6, 6.07) is 13.9. The number of nitro benzene ring substituents is 1. The third-order valence-corrected chi connectivity index (χ3v) is 4.94. The van der Waals surface area contributed by atoms with Crippen LogP contribution < -0.4 is 9.91 Å². The zero-order valence-corrected chi connectivity index (χ0v) is 15.9. The van der Waals surface area contributed by atoms with E-state index in [1.807, 2.05) is 30.3 Å². The van der Waals surface area contributed by atoms with Crippen LogP contribution in [0.5, 0.6) is 0 Å². The largest absolute Gasteiger partial charge is 0.378 e. The zero-order valence-electron chi connectivity index (χ0n) is 15.9. The number of nitrogens with zero attached hydrogens (tertiary/aromatic N) is 4. The summed E-state index contributed by atoms with van der Waals surface area (Å²) in [6.07, 6.45) is 1.70. The molecule has 1 amide bonds. The van der Waals surface area contributed by atoms with Gasteiger partial charge in [-0.05, 0) is 31.2 Å². The second-order valence-electron chi connectivity index (χ2n) is 6.80. The van der Waals surface area contributed by atoms with Gasteiger partial charge in [-0.3, -0.25) is 14.9 Å². The number of hydrogen-bond donors (Lipinski definition) is 0. The van der Waals surface area contributed by atoms with E-state index in [-0.39, 0.29) is 11.6 Å². The summed E-state index contributed by atoms with van der Waals surface area (Å²) in [5, 5.41) is 17.0. The average Bonchev–Trinajstić information content (AvgIpc) is 3.03. The first-order chi connectivity index (χ1) is 14.0. The van der Waals surface area contributed by atoms with E-state index in [1.54, 1.807) is 19.1 Å². The predicted octanol–water partition coefficient (Wildman–Crippen LogP) is 3.24. The maximum absolute atomic E-state index is 13.0. The van der Waals surface area contributed by atoms with Crippen LogP contribution in [0.3, 0.4) is 0 Å². The molecule has 4 rings (SSSR count). The van der Waals surface area contributed by atoms with E-state index in [9.17, 15) is 14.9 Å². The summed E-state index contributed by atoms with van der Waals surface area (Å²) in [4.78, 5) is 26.0. The summed E-state index contributed by atoms with van der Waals surface area (Å²) in [7, 11) is 0. The number of hydrogen-bond acceptors (Lipinski definition) is 6. The maximum atomic E-state index is 13.0. The second-order valence-corrected chi connectivity index (χ2v) is 6.80. The molecule has 8 nitrogen and oxygen atoms in total. The zero-order chi connectivity index (χ0) is 20.4. The van der Waals surface area contributed by atoms with Gasteiger partial charge in [0.15, 0.2) is 0 Å². The Morgan fingerprint density at radius 1 is 1.14 bits per heavy atom. The molecule has 0 aliphatic carbocycles. The van der Waals surface area contributed by atoms with Gasteiger partial charge in [0.25, 0.3) is 11.6 Å².